The largest absolute Gasteiger partial charge is 0.383 e. The van der Waals surface area contributed by atoms with Crippen molar-refractivity contribution in [3.8, 4) is 10.6 Å². The van der Waals surface area contributed by atoms with Gasteiger partial charge >= 0.3 is 0 Å². The standard InChI is InChI=1S/C15H19N3O2S.2ClH/c1-20-10-9-16-7-8-17-14(19)13-11-18-15(21-13)12-5-3-2-4-6-12;;/h2-6,11,16H,7-10H2,1H3,(H,17,19);2*1H. The Balaban J connectivity index is 0.00000242. The Morgan fingerprint density at radius 3 is 2.61 bits per heavy atom. The zero-order chi connectivity index (χ0) is 14.9. The molecule has 1 aromatic carbocycles. The van der Waals surface area contributed by atoms with Crippen LogP contribution < -0.4 is 10.6 Å². The van der Waals surface area contributed by atoms with Crippen LogP contribution in [0.3, 0.4) is 0 Å². The molecule has 0 radical (unpaired) electrons. The number of halogens is 2. The van der Waals surface area contributed by atoms with Crippen LogP contribution in [0.1, 0.15) is 9.67 Å². The van der Waals surface area contributed by atoms with Crippen LogP contribution in [0.15, 0.2) is 36.5 Å². The minimum absolute atomic E-state index is 0. The molecular formula is C15H21Cl2N3O2S. The summed E-state index contributed by atoms with van der Waals surface area (Å²) in [6, 6.07) is 9.85. The lowest BCUT2D eigenvalue weighted by molar-refractivity contribution is 0.0957. The van der Waals surface area contributed by atoms with Crippen molar-refractivity contribution in [1.29, 1.82) is 0 Å². The number of nitrogens with zero attached hydrogens (tertiary/aromatic N) is 1. The van der Waals surface area contributed by atoms with Crippen LogP contribution in [-0.4, -0.2) is 44.2 Å². The minimum atomic E-state index is -0.0803. The van der Waals surface area contributed by atoms with E-state index in [0.29, 0.717) is 18.0 Å². The lowest BCUT2D eigenvalue weighted by Crippen LogP contribution is -2.32. The van der Waals surface area contributed by atoms with Gasteiger partial charge in [-0.05, 0) is 0 Å². The van der Waals surface area contributed by atoms with Crippen molar-refractivity contribution in [3.63, 3.8) is 0 Å². The Bertz CT molecular complexity index is 567. The van der Waals surface area contributed by atoms with Crippen molar-refractivity contribution < 1.29 is 9.53 Å². The van der Waals surface area contributed by atoms with Crippen molar-refractivity contribution in [1.82, 2.24) is 15.6 Å². The Labute approximate surface area is 152 Å². The normalized spacial score (nSPS) is 9.61. The number of nitrogens with one attached hydrogen (secondary N) is 2. The summed E-state index contributed by atoms with van der Waals surface area (Å²) in [6.45, 7) is 2.76. The summed E-state index contributed by atoms with van der Waals surface area (Å²) in [4.78, 5) is 16.9. The number of hydrogen-bond acceptors (Lipinski definition) is 5. The fourth-order valence-electron chi connectivity index (χ4n) is 1.74. The summed E-state index contributed by atoms with van der Waals surface area (Å²) in [5.74, 6) is -0.0803. The number of thiazole rings is 1. The van der Waals surface area contributed by atoms with Crippen molar-refractivity contribution in [2.75, 3.05) is 33.4 Å². The smallest absolute Gasteiger partial charge is 0.263 e. The van der Waals surface area contributed by atoms with E-state index in [1.807, 2.05) is 30.3 Å². The predicted octanol–water partition coefficient (Wildman–Crippen LogP) is 2.62. The van der Waals surface area contributed by atoms with Gasteiger partial charge in [0.2, 0.25) is 0 Å². The quantitative estimate of drug-likeness (QED) is 0.694. The molecule has 0 saturated carbocycles. The molecule has 0 bridgehead atoms. The molecule has 23 heavy (non-hydrogen) atoms. The fraction of sp³-hybridized carbons (Fsp3) is 0.333. The van der Waals surface area contributed by atoms with Gasteiger partial charge in [0, 0.05) is 32.3 Å². The third-order valence-corrected chi connectivity index (χ3v) is 3.87. The molecule has 2 aromatic rings. The number of methoxy groups -OCH3 is 1. The van der Waals surface area contributed by atoms with Crippen molar-refractivity contribution in [3.05, 3.63) is 41.4 Å². The molecule has 1 aromatic heterocycles. The third-order valence-electron chi connectivity index (χ3n) is 2.82. The molecule has 0 aliphatic heterocycles. The van der Waals surface area contributed by atoms with Gasteiger partial charge in [0.1, 0.15) is 9.88 Å². The van der Waals surface area contributed by atoms with Crippen LogP contribution in [0, 0.1) is 0 Å². The topological polar surface area (TPSA) is 63.2 Å². The fourth-order valence-corrected chi connectivity index (χ4v) is 2.58. The second-order valence-electron chi connectivity index (χ2n) is 4.39. The molecule has 0 aliphatic carbocycles. The maximum absolute atomic E-state index is 12.0. The van der Waals surface area contributed by atoms with E-state index in [1.54, 1.807) is 13.3 Å². The number of amides is 1. The van der Waals surface area contributed by atoms with Crippen LogP contribution in [0.25, 0.3) is 10.6 Å². The van der Waals surface area contributed by atoms with Gasteiger partial charge in [-0.1, -0.05) is 30.3 Å². The lowest BCUT2D eigenvalue weighted by Gasteiger charge is -2.05. The van der Waals surface area contributed by atoms with Gasteiger partial charge < -0.3 is 15.4 Å². The number of ether oxygens (including phenoxy) is 1. The highest BCUT2D eigenvalue weighted by atomic mass is 35.5. The Hall–Kier alpha value is -1.18. The summed E-state index contributed by atoms with van der Waals surface area (Å²) in [6.07, 6.45) is 1.63. The monoisotopic (exact) mass is 377 g/mol. The maximum atomic E-state index is 12.0. The lowest BCUT2D eigenvalue weighted by atomic mass is 10.2. The summed E-state index contributed by atoms with van der Waals surface area (Å²) < 4.78 is 4.93. The highest BCUT2D eigenvalue weighted by Gasteiger charge is 2.10. The van der Waals surface area contributed by atoms with Crippen molar-refractivity contribution in [2.24, 2.45) is 0 Å². The van der Waals surface area contributed by atoms with Crippen LogP contribution in [0.2, 0.25) is 0 Å². The van der Waals surface area contributed by atoms with E-state index in [0.717, 1.165) is 23.7 Å². The van der Waals surface area contributed by atoms with Gasteiger partial charge in [0.15, 0.2) is 0 Å². The number of carbonyl (C=O) groups is 1. The first-order valence-electron chi connectivity index (χ1n) is 6.80. The van der Waals surface area contributed by atoms with E-state index >= 15 is 0 Å². The number of rotatable bonds is 8. The first-order chi connectivity index (χ1) is 10.3. The van der Waals surface area contributed by atoms with Gasteiger partial charge in [0.05, 0.1) is 12.8 Å². The number of aromatic nitrogens is 1. The molecule has 0 aliphatic rings. The number of hydrogen-bond donors (Lipinski definition) is 2. The van der Waals surface area contributed by atoms with Crippen LogP contribution >= 0.6 is 36.2 Å². The highest BCUT2D eigenvalue weighted by molar-refractivity contribution is 7.16. The van der Waals surface area contributed by atoms with E-state index in [-0.39, 0.29) is 30.7 Å². The summed E-state index contributed by atoms with van der Waals surface area (Å²) >= 11 is 1.40. The van der Waals surface area contributed by atoms with Crippen LogP contribution in [-0.2, 0) is 4.74 Å². The number of carbonyl (C=O) groups excluding carboxylic acids is 1. The molecule has 128 valence electrons. The highest BCUT2D eigenvalue weighted by Crippen LogP contribution is 2.24. The molecule has 2 rings (SSSR count). The molecule has 5 nitrogen and oxygen atoms in total. The van der Waals surface area contributed by atoms with Gasteiger partial charge in [-0.3, -0.25) is 4.79 Å². The second kappa shape index (κ2) is 12.3. The van der Waals surface area contributed by atoms with E-state index in [9.17, 15) is 4.79 Å². The summed E-state index contributed by atoms with van der Waals surface area (Å²) in [7, 11) is 1.66. The van der Waals surface area contributed by atoms with Gasteiger partial charge in [-0.15, -0.1) is 36.2 Å². The van der Waals surface area contributed by atoms with Crippen molar-refractivity contribution in [2.45, 2.75) is 0 Å². The Morgan fingerprint density at radius 1 is 1.17 bits per heavy atom. The van der Waals surface area contributed by atoms with Crippen LogP contribution in [0.5, 0.6) is 0 Å². The SMILES string of the molecule is COCCNCCNC(=O)c1cnc(-c2ccccc2)s1.Cl.Cl. The summed E-state index contributed by atoms with van der Waals surface area (Å²) in [5, 5.41) is 6.90. The third kappa shape index (κ3) is 7.28. The molecule has 0 fully saturated rings. The van der Waals surface area contributed by atoms with Gasteiger partial charge in [-0.25, -0.2) is 4.98 Å². The van der Waals surface area contributed by atoms with Gasteiger partial charge in [-0.2, -0.15) is 0 Å². The van der Waals surface area contributed by atoms with Crippen molar-refractivity contribution >= 4 is 42.1 Å². The second-order valence-corrected chi connectivity index (χ2v) is 5.43. The van der Waals surface area contributed by atoms with E-state index < -0.39 is 0 Å². The molecule has 0 saturated heterocycles. The molecule has 0 unspecified atom stereocenters. The molecule has 8 heteroatoms. The molecular weight excluding hydrogens is 357 g/mol. The minimum Gasteiger partial charge on any atom is -0.383 e. The first-order valence-corrected chi connectivity index (χ1v) is 7.62. The molecule has 1 heterocycles. The molecule has 0 spiro atoms. The molecule has 0 atom stereocenters. The zero-order valence-corrected chi connectivity index (χ0v) is 15.2. The van der Waals surface area contributed by atoms with E-state index in [4.69, 9.17) is 4.74 Å². The van der Waals surface area contributed by atoms with E-state index in [1.165, 1.54) is 11.3 Å². The van der Waals surface area contributed by atoms with E-state index in [2.05, 4.69) is 15.6 Å². The molecule has 1 amide bonds. The Morgan fingerprint density at radius 2 is 1.91 bits per heavy atom. The summed E-state index contributed by atoms with van der Waals surface area (Å²) in [5.41, 5.74) is 1.03. The molecule has 2 N–H and O–H groups in total. The number of benzene rings is 1. The van der Waals surface area contributed by atoms with Crippen LogP contribution in [0.4, 0.5) is 0 Å². The average Bonchev–Trinajstić information content (AvgIpc) is 3.01. The Kier molecular flexibility index (Phi) is 11.6. The predicted molar refractivity (Wildman–Crippen MR) is 99.1 cm³/mol. The average molecular weight is 378 g/mol. The van der Waals surface area contributed by atoms with Gasteiger partial charge in [0.25, 0.3) is 5.91 Å². The maximum Gasteiger partial charge on any atom is 0.263 e. The first kappa shape index (κ1) is 21.8. The zero-order valence-electron chi connectivity index (χ0n) is 12.8.